The van der Waals surface area contributed by atoms with Crippen LogP contribution in [0.25, 0.3) is 17.1 Å². The minimum atomic E-state index is -0.285. The number of ether oxygens (including phenoxy) is 3. The van der Waals surface area contributed by atoms with Crippen molar-refractivity contribution >= 4 is 11.6 Å². The largest absolute Gasteiger partial charge is 0.497 e. The second-order valence-electron chi connectivity index (χ2n) is 7.44. The van der Waals surface area contributed by atoms with Crippen LogP contribution in [0.1, 0.15) is 22.8 Å². The van der Waals surface area contributed by atoms with E-state index in [1.165, 1.54) is 7.11 Å². The van der Waals surface area contributed by atoms with Gasteiger partial charge in [0.15, 0.2) is 5.82 Å². The van der Waals surface area contributed by atoms with Crippen LogP contribution >= 0.6 is 0 Å². The zero-order valence-corrected chi connectivity index (χ0v) is 19.5. The number of carbonyl (C=O) groups excluding carboxylic acids is 1. The Morgan fingerprint density at radius 2 is 1.76 bits per heavy atom. The molecule has 34 heavy (non-hydrogen) atoms. The molecule has 0 aliphatic rings. The molecule has 4 aromatic rings. The molecule has 0 fully saturated rings. The minimum absolute atomic E-state index is 0.285. The molecule has 1 aromatic heterocycles. The molecule has 0 unspecified atom stereocenters. The smallest absolute Gasteiger partial charge is 0.336 e. The van der Waals surface area contributed by atoms with Crippen molar-refractivity contribution in [2.45, 2.75) is 13.8 Å². The zero-order valence-electron chi connectivity index (χ0n) is 19.5. The third-order valence-corrected chi connectivity index (χ3v) is 5.27. The lowest BCUT2D eigenvalue weighted by Gasteiger charge is -2.12. The lowest BCUT2D eigenvalue weighted by molar-refractivity contribution is 0.102. The van der Waals surface area contributed by atoms with Crippen LogP contribution in [0, 0.1) is 6.92 Å². The second-order valence-corrected chi connectivity index (χ2v) is 7.44. The molecule has 174 valence electrons. The average Bonchev–Trinajstić information content (AvgIpc) is 3.28. The normalized spacial score (nSPS) is 10.6. The Bertz CT molecular complexity index is 1300. The van der Waals surface area contributed by atoms with Crippen molar-refractivity contribution in [3.63, 3.8) is 0 Å². The van der Waals surface area contributed by atoms with Gasteiger partial charge in [0.25, 0.3) is 5.91 Å². The van der Waals surface area contributed by atoms with Crippen molar-refractivity contribution in [2.75, 3.05) is 26.1 Å². The number of carbonyl (C=O) groups is 1. The number of rotatable bonds is 8. The number of hydrogen-bond acceptors (Lipinski definition) is 6. The Morgan fingerprint density at radius 1 is 1.00 bits per heavy atom. The maximum absolute atomic E-state index is 12.8. The van der Waals surface area contributed by atoms with E-state index >= 15 is 0 Å². The fourth-order valence-corrected chi connectivity index (χ4v) is 3.53. The number of aromatic nitrogens is 3. The highest BCUT2D eigenvalue weighted by molar-refractivity contribution is 6.06. The van der Waals surface area contributed by atoms with Crippen LogP contribution in [0.3, 0.4) is 0 Å². The molecule has 0 aliphatic carbocycles. The van der Waals surface area contributed by atoms with Crippen LogP contribution < -0.4 is 19.5 Å². The van der Waals surface area contributed by atoms with Gasteiger partial charge in [-0.25, -0.2) is 4.68 Å². The van der Waals surface area contributed by atoms with Gasteiger partial charge in [-0.15, -0.1) is 5.10 Å². The van der Waals surface area contributed by atoms with E-state index in [1.807, 2.05) is 62.4 Å². The molecule has 1 heterocycles. The van der Waals surface area contributed by atoms with Gasteiger partial charge in [-0.3, -0.25) is 4.79 Å². The third kappa shape index (κ3) is 4.71. The van der Waals surface area contributed by atoms with E-state index in [0.717, 1.165) is 16.8 Å². The Balaban J connectivity index is 1.61. The number of methoxy groups -OCH3 is 2. The van der Waals surface area contributed by atoms with E-state index in [9.17, 15) is 4.79 Å². The molecular weight excluding hydrogens is 432 g/mol. The molecule has 8 heteroatoms. The average molecular weight is 459 g/mol. The summed E-state index contributed by atoms with van der Waals surface area (Å²) in [6.07, 6.45) is 0. The molecule has 1 amide bonds. The summed E-state index contributed by atoms with van der Waals surface area (Å²) in [5.41, 5.74) is 3.87. The summed E-state index contributed by atoms with van der Waals surface area (Å²) in [4.78, 5) is 17.4. The molecule has 0 radical (unpaired) electrons. The van der Waals surface area contributed by atoms with Gasteiger partial charge in [0.2, 0.25) is 0 Å². The summed E-state index contributed by atoms with van der Waals surface area (Å²) in [6.45, 7) is 4.39. The summed E-state index contributed by atoms with van der Waals surface area (Å²) in [5, 5.41) is 7.43. The molecule has 0 bridgehead atoms. The van der Waals surface area contributed by atoms with E-state index in [0.29, 0.717) is 41.2 Å². The van der Waals surface area contributed by atoms with E-state index in [2.05, 4.69) is 15.4 Å². The first-order chi connectivity index (χ1) is 16.5. The standard InChI is InChI=1S/C26H26N4O4/c1-5-34-26-28-24(21-9-7-6-8-17(21)2)30(29-26)19-12-10-18(11-13-19)27-25(31)22-15-14-20(32-3)16-23(22)33-4/h6-16H,5H2,1-4H3,(H,27,31). The van der Waals surface area contributed by atoms with Crippen LogP contribution in [0.4, 0.5) is 5.69 Å². The number of aryl methyl sites for hydroxylation is 1. The van der Waals surface area contributed by atoms with E-state index in [1.54, 1.807) is 30.0 Å². The summed E-state index contributed by atoms with van der Waals surface area (Å²) >= 11 is 0. The zero-order chi connectivity index (χ0) is 24.1. The number of nitrogens with zero attached hydrogens (tertiary/aromatic N) is 3. The van der Waals surface area contributed by atoms with Gasteiger partial charge in [-0.05, 0) is 55.8 Å². The van der Waals surface area contributed by atoms with E-state index < -0.39 is 0 Å². The fourth-order valence-electron chi connectivity index (χ4n) is 3.53. The lowest BCUT2D eigenvalue weighted by Crippen LogP contribution is -2.13. The molecular formula is C26H26N4O4. The molecule has 8 nitrogen and oxygen atoms in total. The summed E-state index contributed by atoms with van der Waals surface area (Å²) in [6, 6.07) is 20.7. The number of amides is 1. The van der Waals surface area contributed by atoms with Crippen LogP contribution in [-0.2, 0) is 0 Å². The second kappa shape index (κ2) is 10.1. The summed E-state index contributed by atoms with van der Waals surface area (Å²) < 4.78 is 17.8. The number of nitrogens with one attached hydrogen (secondary N) is 1. The van der Waals surface area contributed by atoms with Gasteiger partial charge < -0.3 is 19.5 Å². The highest BCUT2D eigenvalue weighted by Crippen LogP contribution is 2.28. The number of hydrogen-bond donors (Lipinski definition) is 1. The molecule has 3 aromatic carbocycles. The summed E-state index contributed by atoms with van der Waals surface area (Å²) in [5.74, 6) is 1.44. The Morgan fingerprint density at radius 3 is 2.44 bits per heavy atom. The molecule has 0 atom stereocenters. The number of anilines is 1. The minimum Gasteiger partial charge on any atom is -0.497 e. The van der Waals surface area contributed by atoms with Crippen LogP contribution in [-0.4, -0.2) is 41.5 Å². The van der Waals surface area contributed by atoms with Crippen molar-refractivity contribution in [1.82, 2.24) is 14.8 Å². The van der Waals surface area contributed by atoms with Crippen molar-refractivity contribution in [3.8, 4) is 34.6 Å². The quantitative estimate of drug-likeness (QED) is 0.404. The Hall–Kier alpha value is -4.33. The maximum atomic E-state index is 12.8. The van der Waals surface area contributed by atoms with Crippen molar-refractivity contribution < 1.29 is 19.0 Å². The molecule has 0 saturated heterocycles. The highest BCUT2D eigenvalue weighted by Gasteiger charge is 2.17. The van der Waals surface area contributed by atoms with E-state index in [4.69, 9.17) is 14.2 Å². The van der Waals surface area contributed by atoms with Gasteiger partial charge in [0.05, 0.1) is 32.1 Å². The predicted octanol–water partition coefficient (Wildman–Crippen LogP) is 4.91. The summed E-state index contributed by atoms with van der Waals surface area (Å²) in [7, 11) is 3.08. The van der Waals surface area contributed by atoms with Crippen molar-refractivity contribution in [1.29, 1.82) is 0 Å². The first-order valence-corrected chi connectivity index (χ1v) is 10.8. The van der Waals surface area contributed by atoms with Crippen LogP contribution in [0.15, 0.2) is 66.7 Å². The highest BCUT2D eigenvalue weighted by atomic mass is 16.5. The van der Waals surface area contributed by atoms with Crippen LogP contribution in [0.2, 0.25) is 0 Å². The fraction of sp³-hybridized carbons (Fsp3) is 0.192. The molecule has 4 rings (SSSR count). The number of benzene rings is 3. The molecule has 0 spiro atoms. The molecule has 1 N–H and O–H groups in total. The Kier molecular flexibility index (Phi) is 6.77. The maximum Gasteiger partial charge on any atom is 0.336 e. The Labute approximate surface area is 198 Å². The van der Waals surface area contributed by atoms with Gasteiger partial charge in [-0.1, -0.05) is 24.3 Å². The van der Waals surface area contributed by atoms with Crippen molar-refractivity contribution in [3.05, 3.63) is 77.9 Å². The monoisotopic (exact) mass is 458 g/mol. The topological polar surface area (TPSA) is 87.5 Å². The van der Waals surface area contributed by atoms with Crippen molar-refractivity contribution in [2.24, 2.45) is 0 Å². The SMILES string of the molecule is CCOc1nc(-c2ccccc2C)n(-c2ccc(NC(=O)c3ccc(OC)cc3OC)cc2)n1. The van der Waals surface area contributed by atoms with Gasteiger partial charge in [0.1, 0.15) is 11.5 Å². The first-order valence-electron chi connectivity index (χ1n) is 10.8. The van der Waals surface area contributed by atoms with Gasteiger partial charge in [-0.2, -0.15) is 4.98 Å². The predicted molar refractivity (Wildman–Crippen MR) is 130 cm³/mol. The molecule has 0 aliphatic heterocycles. The van der Waals surface area contributed by atoms with E-state index in [-0.39, 0.29) is 5.91 Å². The lowest BCUT2D eigenvalue weighted by atomic mass is 10.1. The van der Waals surface area contributed by atoms with Crippen LogP contribution in [0.5, 0.6) is 17.5 Å². The van der Waals surface area contributed by atoms with Gasteiger partial charge >= 0.3 is 6.01 Å². The van der Waals surface area contributed by atoms with Gasteiger partial charge in [0, 0.05) is 17.3 Å². The molecule has 0 saturated carbocycles. The first kappa shape index (κ1) is 22.8. The third-order valence-electron chi connectivity index (χ3n) is 5.27.